The molecule has 0 aliphatic rings. The van der Waals surface area contributed by atoms with Crippen molar-refractivity contribution in [1.82, 2.24) is 21.2 Å². The van der Waals surface area contributed by atoms with Crippen molar-refractivity contribution in [2.75, 3.05) is 0 Å². The van der Waals surface area contributed by atoms with E-state index < -0.39 is 17.7 Å². The number of para-hydroxylation sites is 1. The zero-order valence-corrected chi connectivity index (χ0v) is 16.6. The van der Waals surface area contributed by atoms with Crippen LogP contribution in [0.3, 0.4) is 0 Å². The highest BCUT2D eigenvalue weighted by molar-refractivity contribution is 6.35. The van der Waals surface area contributed by atoms with Crippen LogP contribution in [0.2, 0.25) is 5.02 Å². The van der Waals surface area contributed by atoms with Crippen molar-refractivity contribution in [3.63, 3.8) is 0 Å². The molecule has 3 amide bonds. The van der Waals surface area contributed by atoms with Crippen LogP contribution in [-0.4, -0.2) is 28.7 Å². The van der Waals surface area contributed by atoms with Gasteiger partial charge in [0.15, 0.2) is 0 Å². The van der Waals surface area contributed by atoms with Gasteiger partial charge in [0.1, 0.15) is 0 Å². The summed E-state index contributed by atoms with van der Waals surface area (Å²) < 4.78 is 0. The van der Waals surface area contributed by atoms with Gasteiger partial charge in [-0.1, -0.05) is 48.0 Å². The minimum atomic E-state index is -0.961. The van der Waals surface area contributed by atoms with Crippen molar-refractivity contribution in [3.05, 3.63) is 65.2 Å². The molecule has 0 saturated carbocycles. The average Bonchev–Trinajstić information content (AvgIpc) is 2.70. The molecule has 3 N–H and O–H groups in total. The van der Waals surface area contributed by atoms with Gasteiger partial charge < -0.3 is 5.32 Å². The highest BCUT2D eigenvalue weighted by Gasteiger charge is 2.18. The van der Waals surface area contributed by atoms with E-state index >= 15 is 0 Å². The van der Waals surface area contributed by atoms with E-state index in [1.165, 1.54) is 0 Å². The first kappa shape index (κ1) is 20.3. The van der Waals surface area contributed by atoms with E-state index in [0.717, 1.165) is 0 Å². The van der Waals surface area contributed by atoms with E-state index in [-0.39, 0.29) is 11.6 Å². The summed E-state index contributed by atoms with van der Waals surface area (Å²) in [6.45, 7) is 3.45. The molecule has 0 radical (unpaired) electrons. The van der Waals surface area contributed by atoms with Crippen molar-refractivity contribution in [1.29, 1.82) is 0 Å². The van der Waals surface area contributed by atoms with Crippen LogP contribution < -0.4 is 16.2 Å². The number of hydrazine groups is 1. The zero-order chi connectivity index (χ0) is 21.0. The van der Waals surface area contributed by atoms with E-state index in [9.17, 15) is 14.4 Å². The van der Waals surface area contributed by atoms with Gasteiger partial charge in [-0.05, 0) is 32.0 Å². The SMILES string of the molecule is CC(C)NC(=O)C(=O)NNC(=O)c1cc(-c2ccccc2Cl)nc2ccccc12. The number of amides is 3. The Morgan fingerprint density at radius 2 is 1.62 bits per heavy atom. The van der Waals surface area contributed by atoms with Gasteiger partial charge in [0.25, 0.3) is 5.91 Å². The monoisotopic (exact) mass is 410 g/mol. The number of pyridine rings is 1. The van der Waals surface area contributed by atoms with E-state index in [2.05, 4.69) is 21.2 Å². The molecule has 0 saturated heterocycles. The normalized spacial score (nSPS) is 10.6. The number of carbonyl (C=O) groups is 3. The molecule has 0 fully saturated rings. The molecule has 3 aromatic rings. The van der Waals surface area contributed by atoms with E-state index in [0.29, 0.717) is 27.2 Å². The summed E-state index contributed by atoms with van der Waals surface area (Å²) >= 11 is 6.28. The lowest BCUT2D eigenvalue weighted by molar-refractivity contribution is -0.139. The molecular weight excluding hydrogens is 392 g/mol. The third-order valence-electron chi connectivity index (χ3n) is 4.03. The molecule has 3 rings (SSSR count). The van der Waals surface area contributed by atoms with Crippen LogP contribution in [0, 0.1) is 0 Å². The number of fused-ring (bicyclic) bond motifs is 1. The minimum Gasteiger partial charge on any atom is -0.346 e. The van der Waals surface area contributed by atoms with Gasteiger partial charge in [0, 0.05) is 22.0 Å². The van der Waals surface area contributed by atoms with Crippen molar-refractivity contribution in [2.24, 2.45) is 0 Å². The number of carbonyl (C=O) groups excluding carboxylic acids is 3. The maximum absolute atomic E-state index is 12.8. The summed E-state index contributed by atoms with van der Waals surface area (Å²) in [7, 11) is 0. The highest BCUT2D eigenvalue weighted by Crippen LogP contribution is 2.29. The third kappa shape index (κ3) is 4.70. The number of rotatable bonds is 3. The molecule has 148 valence electrons. The van der Waals surface area contributed by atoms with Crippen LogP contribution in [-0.2, 0) is 9.59 Å². The quantitative estimate of drug-likeness (QED) is 0.456. The van der Waals surface area contributed by atoms with Gasteiger partial charge in [-0.25, -0.2) is 4.98 Å². The highest BCUT2D eigenvalue weighted by atomic mass is 35.5. The smallest absolute Gasteiger partial charge is 0.327 e. The first-order valence-corrected chi connectivity index (χ1v) is 9.30. The van der Waals surface area contributed by atoms with Crippen LogP contribution in [0.4, 0.5) is 0 Å². The topological polar surface area (TPSA) is 100 Å². The van der Waals surface area contributed by atoms with Gasteiger partial charge in [-0.3, -0.25) is 25.2 Å². The Bertz CT molecular complexity index is 1100. The Morgan fingerprint density at radius 1 is 0.931 bits per heavy atom. The second-order valence-electron chi connectivity index (χ2n) is 6.59. The van der Waals surface area contributed by atoms with E-state index in [4.69, 9.17) is 11.6 Å². The lowest BCUT2D eigenvalue weighted by Gasteiger charge is -2.12. The Hall–Kier alpha value is -3.45. The van der Waals surface area contributed by atoms with Gasteiger partial charge in [-0.2, -0.15) is 0 Å². The summed E-state index contributed by atoms with van der Waals surface area (Å²) in [6, 6.07) is 15.7. The van der Waals surface area contributed by atoms with Crippen LogP contribution >= 0.6 is 11.6 Å². The number of halogens is 1. The summed E-state index contributed by atoms with van der Waals surface area (Å²) in [5.41, 5.74) is 6.48. The van der Waals surface area contributed by atoms with Crippen LogP contribution in [0.1, 0.15) is 24.2 Å². The largest absolute Gasteiger partial charge is 0.346 e. The zero-order valence-electron chi connectivity index (χ0n) is 15.8. The molecular formula is C21H19ClN4O3. The second-order valence-corrected chi connectivity index (χ2v) is 7.00. The van der Waals surface area contributed by atoms with Crippen LogP contribution in [0.5, 0.6) is 0 Å². The lowest BCUT2D eigenvalue weighted by Crippen LogP contribution is -2.49. The van der Waals surface area contributed by atoms with Crippen LogP contribution in [0.15, 0.2) is 54.6 Å². The Morgan fingerprint density at radius 3 is 2.34 bits per heavy atom. The van der Waals surface area contributed by atoms with Crippen molar-refractivity contribution in [3.8, 4) is 11.3 Å². The molecule has 2 aromatic carbocycles. The fourth-order valence-corrected chi connectivity index (χ4v) is 2.97. The summed E-state index contributed by atoms with van der Waals surface area (Å²) in [4.78, 5) is 40.9. The predicted octanol–water partition coefficient (Wildman–Crippen LogP) is 2.84. The molecule has 0 aliphatic heterocycles. The second kappa shape index (κ2) is 8.70. The fraction of sp³-hybridized carbons (Fsp3) is 0.143. The molecule has 0 bridgehead atoms. The number of benzene rings is 2. The van der Waals surface area contributed by atoms with Crippen molar-refractivity contribution >= 4 is 40.2 Å². The minimum absolute atomic E-state index is 0.203. The molecule has 8 heteroatoms. The molecule has 0 aliphatic carbocycles. The molecule has 0 spiro atoms. The number of nitrogens with zero attached hydrogens (tertiary/aromatic N) is 1. The first-order chi connectivity index (χ1) is 13.9. The van der Waals surface area contributed by atoms with Crippen molar-refractivity contribution in [2.45, 2.75) is 19.9 Å². The van der Waals surface area contributed by atoms with Gasteiger partial charge in [0.05, 0.1) is 16.8 Å². The van der Waals surface area contributed by atoms with Gasteiger partial charge in [0.2, 0.25) is 0 Å². The van der Waals surface area contributed by atoms with Crippen LogP contribution in [0.25, 0.3) is 22.2 Å². The van der Waals surface area contributed by atoms with Gasteiger partial charge >= 0.3 is 11.8 Å². The Kier molecular flexibility index (Phi) is 6.09. The molecule has 1 aromatic heterocycles. The Labute approximate surface area is 172 Å². The van der Waals surface area contributed by atoms with E-state index in [1.807, 2.05) is 12.1 Å². The lowest BCUT2D eigenvalue weighted by atomic mass is 10.0. The maximum Gasteiger partial charge on any atom is 0.327 e. The fourth-order valence-electron chi connectivity index (χ4n) is 2.74. The average molecular weight is 411 g/mol. The molecule has 1 heterocycles. The van der Waals surface area contributed by atoms with Gasteiger partial charge in [-0.15, -0.1) is 0 Å². The summed E-state index contributed by atoms with van der Waals surface area (Å²) in [5, 5.41) is 3.54. The predicted molar refractivity (Wildman–Crippen MR) is 111 cm³/mol. The number of hydrogen-bond acceptors (Lipinski definition) is 4. The summed E-state index contributed by atoms with van der Waals surface area (Å²) in [6.07, 6.45) is 0. The maximum atomic E-state index is 12.8. The number of hydrogen-bond donors (Lipinski definition) is 3. The number of nitrogens with one attached hydrogen (secondary N) is 3. The molecule has 0 atom stereocenters. The summed E-state index contributed by atoms with van der Waals surface area (Å²) in [5.74, 6) is -2.38. The van der Waals surface area contributed by atoms with E-state index in [1.54, 1.807) is 56.3 Å². The molecule has 0 unspecified atom stereocenters. The molecule has 7 nitrogen and oxygen atoms in total. The molecule has 29 heavy (non-hydrogen) atoms. The third-order valence-corrected chi connectivity index (χ3v) is 4.36. The van der Waals surface area contributed by atoms with Crippen molar-refractivity contribution < 1.29 is 14.4 Å². The number of aromatic nitrogens is 1. The standard InChI is InChI=1S/C21H19ClN4O3/c1-12(2)23-20(28)21(29)26-25-19(27)15-11-18(14-8-3-5-9-16(14)22)24-17-10-6-4-7-13(15)17/h3-12H,1-2H3,(H,23,28)(H,25,27)(H,26,29). The first-order valence-electron chi connectivity index (χ1n) is 8.92. The Balaban J connectivity index is 1.92.